The number of aromatic carboxylic acids is 1. The predicted octanol–water partition coefficient (Wildman–Crippen LogP) is 2.63. The van der Waals surface area contributed by atoms with E-state index in [1.165, 1.54) is 13.3 Å². The van der Waals surface area contributed by atoms with Gasteiger partial charge in [-0.2, -0.15) is 0 Å². The van der Waals surface area contributed by atoms with Gasteiger partial charge in [0.1, 0.15) is 23.9 Å². The van der Waals surface area contributed by atoms with Crippen molar-refractivity contribution in [2.24, 2.45) is 10.6 Å². The number of hydrogen-bond acceptors (Lipinski definition) is 8. The van der Waals surface area contributed by atoms with Crippen molar-refractivity contribution < 1.29 is 28.7 Å². The first-order valence-corrected chi connectivity index (χ1v) is 11.7. The Hall–Kier alpha value is -3.70. The number of ether oxygens (including phenoxy) is 1. The molecule has 2 aromatic heterocycles. The quantitative estimate of drug-likeness (QED) is 0.634. The average molecular weight is 502 g/mol. The lowest BCUT2D eigenvalue weighted by Gasteiger charge is -2.47. The fourth-order valence-electron chi connectivity index (χ4n) is 4.91. The highest BCUT2D eigenvalue weighted by molar-refractivity contribution is 5.99. The van der Waals surface area contributed by atoms with Crippen LogP contribution >= 0.6 is 0 Å². The molecular formula is C24H28FN5O6. The SMILES string of the molecule is CO/N=C1\CN(c2nc3c(cc2F)c(=O)c(C(=O)O)cn3C2CC2)CC12CN(C(=O)OC(C)(C)C)C2. The summed E-state index contributed by atoms with van der Waals surface area (Å²) in [6.07, 6.45) is 2.51. The average Bonchev–Trinajstić information content (AvgIpc) is 3.52. The Bertz CT molecular complexity index is 1350. The fraction of sp³-hybridized carbons (Fsp3) is 0.542. The highest BCUT2D eigenvalue weighted by Gasteiger charge is 2.55. The molecule has 2 aromatic rings. The van der Waals surface area contributed by atoms with Crippen LogP contribution in [0.1, 0.15) is 50.0 Å². The second kappa shape index (κ2) is 8.17. The van der Waals surface area contributed by atoms with Crippen LogP contribution in [0.2, 0.25) is 0 Å². The summed E-state index contributed by atoms with van der Waals surface area (Å²) in [5, 5.41) is 13.5. The summed E-state index contributed by atoms with van der Waals surface area (Å²) in [4.78, 5) is 49.7. The molecule has 1 N–H and O–H groups in total. The molecule has 0 radical (unpaired) electrons. The molecule has 3 aliphatic rings. The van der Waals surface area contributed by atoms with Gasteiger partial charge < -0.3 is 29.0 Å². The number of halogens is 1. The number of carboxylic acid groups (broad SMARTS) is 1. The van der Waals surface area contributed by atoms with E-state index in [1.54, 1.807) is 35.1 Å². The molecule has 0 aromatic carbocycles. The maximum atomic E-state index is 15.4. The third-order valence-electron chi connectivity index (χ3n) is 6.70. The molecule has 2 saturated heterocycles. The number of anilines is 1. The monoisotopic (exact) mass is 501 g/mol. The van der Waals surface area contributed by atoms with Gasteiger partial charge in [0, 0.05) is 31.9 Å². The van der Waals surface area contributed by atoms with Crippen molar-refractivity contribution in [2.45, 2.75) is 45.3 Å². The number of fused-ring (bicyclic) bond motifs is 1. The lowest BCUT2D eigenvalue weighted by molar-refractivity contribution is -0.0102. The maximum absolute atomic E-state index is 15.4. The molecular weight excluding hydrogens is 473 g/mol. The van der Waals surface area contributed by atoms with Gasteiger partial charge in [-0.3, -0.25) is 4.79 Å². The first-order chi connectivity index (χ1) is 16.9. The number of hydrogen-bond donors (Lipinski definition) is 1. The maximum Gasteiger partial charge on any atom is 0.410 e. The van der Waals surface area contributed by atoms with E-state index in [2.05, 4.69) is 10.1 Å². The van der Waals surface area contributed by atoms with E-state index < -0.39 is 39.9 Å². The number of likely N-dealkylation sites (tertiary alicyclic amines) is 1. The summed E-state index contributed by atoms with van der Waals surface area (Å²) in [6, 6.07) is 1.08. The molecule has 0 atom stereocenters. The number of carbonyl (C=O) groups excluding carboxylic acids is 1. The van der Waals surface area contributed by atoms with Gasteiger partial charge in [0.05, 0.1) is 23.1 Å². The molecule has 1 saturated carbocycles. The van der Waals surface area contributed by atoms with Crippen molar-refractivity contribution in [3.8, 4) is 0 Å². The minimum Gasteiger partial charge on any atom is -0.477 e. The van der Waals surface area contributed by atoms with Crippen LogP contribution in [-0.2, 0) is 9.57 Å². The van der Waals surface area contributed by atoms with Crippen molar-refractivity contribution in [1.29, 1.82) is 0 Å². The Labute approximate surface area is 206 Å². The second-order valence-electron chi connectivity index (χ2n) is 10.7. The molecule has 1 spiro atoms. The van der Waals surface area contributed by atoms with E-state index >= 15 is 4.39 Å². The zero-order valence-corrected chi connectivity index (χ0v) is 20.6. The fourth-order valence-corrected chi connectivity index (χ4v) is 4.91. The van der Waals surface area contributed by atoms with Gasteiger partial charge in [-0.1, -0.05) is 5.16 Å². The van der Waals surface area contributed by atoms with Crippen molar-refractivity contribution in [2.75, 3.05) is 38.2 Å². The Morgan fingerprint density at radius 2 is 1.94 bits per heavy atom. The van der Waals surface area contributed by atoms with Gasteiger partial charge in [0.2, 0.25) is 5.43 Å². The number of nitrogens with zero attached hydrogens (tertiary/aromatic N) is 5. The smallest absolute Gasteiger partial charge is 0.410 e. The van der Waals surface area contributed by atoms with Crippen LogP contribution in [-0.4, -0.2) is 76.2 Å². The van der Waals surface area contributed by atoms with Crippen molar-refractivity contribution >= 4 is 34.6 Å². The van der Waals surface area contributed by atoms with E-state index in [1.807, 2.05) is 0 Å². The van der Waals surface area contributed by atoms with E-state index in [-0.39, 0.29) is 29.4 Å². The summed E-state index contributed by atoms with van der Waals surface area (Å²) in [5.74, 6) is -2.06. The van der Waals surface area contributed by atoms with Gasteiger partial charge in [0.15, 0.2) is 11.6 Å². The van der Waals surface area contributed by atoms with Gasteiger partial charge in [-0.25, -0.2) is 19.0 Å². The van der Waals surface area contributed by atoms with Crippen molar-refractivity contribution in [3.05, 3.63) is 33.9 Å². The number of rotatable bonds is 4. The summed E-state index contributed by atoms with van der Waals surface area (Å²) in [5.41, 5.74) is -1.43. The molecule has 0 unspecified atom stereocenters. The highest BCUT2D eigenvalue weighted by Crippen LogP contribution is 2.41. The molecule has 192 valence electrons. The number of oxime groups is 1. The number of carbonyl (C=O) groups is 2. The molecule has 5 rings (SSSR count). The molecule has 1 aliphatic carbocycles. The van der Waals surface area contributed by atoms with Crippen LogP contribution < -0.4 is 10.3 Å². The molecule has 1 amide bonds. The standard InChI is InChI=1S/C24H28FN5O6/c1-23(2,3)36-22(34)29-11-24(12-29)10-28(9-17(24)27-35-4)20-16(25)7-14-18(31)15(21(32)33)8-30(13-5-6-13)19(14)26-20/h7-8,13H,5-6,9-12H2,1-4H3,(H,32,33)/b27-17+. The molecule has 36 heavy (non-hydrogen) atoms. The zero-order chi connectivity index (χ0) is 26.0. The van der Waals surface area contributed by atoms with Crippen LogP contribution in [0.5, 0.6) is 0 Å². The third kappa shape index (κ3) is 4.03. The Kier molecular flexibility index (Phi) is 5.45. The molecule has 3 fully saturated rings. The molecule has 0 bridgehead atoms. The number of pyridine rings is 2. The van der Waals surface area contributed by atoms with Gasteiger partial charge >= 0.3 is 12.1 Å². The first kappa shape index (κ1) is 24.0. The molecule has 4 heterocycles. The van der Waals surface area contributed by atoms with Crippen LogP contribution in [0.25, 0.3) is 11.0 Å². The first-order valence-electron chi connectivity index (χ1n) is 11.7. The summed E-state index contributed by atoms with van der Waals surface area (Å²) in [6.45, 7) is 6.63. The lowest BCUT2D eigenvalue weighted by atomic mass is 9.78. The van der Waals surface area contributed by atoms with Crippen LogP contribution in [0.4, 0.5) is 15.0 Å². The van der Waals surface area contributed by atoms with Crippen molar-refractivity contribution in [3.63, 3.8) is 0 Å². The predicted molar refractivity (Wildman–Crippen MR) is 128 cm³/mol. The van der Waals surface area contributed by atoms with E-state index in [4.69, 9.17) is 9.57 Å². The molecule has 12 heteroatoms. The Balaban J connectivity index is 1.49. The summed E-state index contributed by atoms with van der Waals surface area (Å²) >= 11 is 0. The largest absolute Gasteiger partial charge is 0.477 e. The lowest BCUT2D eigenvalue weighted by Crippen LogP contribution is -2.63. The molecule has 11 nitrogen and oxygen atoms in total. The highest BCUT2D eigenvalue weighted by atomic mass is 19.1. The summed E-state index contributed by atoms with van der Waals surface area (Å²) < 4.78 is 22.5. The number of carboxylic acids is 1. The Morgan fingerprint density at radius 1 is 1.25 bits per heavy atom. The zero-order valence-electron chi connectivity index (χ0n) is 20.6. The van der Waals surface area contributed by atoms with E-state index in [9.17, 15) is 19.5 Å². The van der Waals surface area contributed by atoms with Crippen LogP contribution in [0.15, 0.2) is 22.2 Å². The van der Waals surface area contributed by atoms with Gasteiger partial charge in [-0.15, -0.1) is 0 Å². The third-order valence-corrected chi connectivity index (χ3v) is 6.70. The number of aromatic nitrogens is 2. The van der Waals surface area contributed by atoms with Crippen LogP contribution in [0, 0.1) is 11.2 Å². The van der Waals surface area contributed by atoms with Gasteiger partial charge in [-0.05, 0) is 39.7 Å². The Morgan fingerprint density at radius 3 is 2.53 bits per heavy atom. The minimum atomic E-state index is -1.36. The second-order valence-corrected chi connectivity index (χ2v) is 10.7. The van der Waals surface area contributed by atoms with Gasteiger partial charge in [0.25, 0.3) is 0 Å². The topological polar surface area (TPSA) is 127 Å². The van der Waals surface area contributed by atoms with Crippen molar-refractivity contribution in [1.82, 2.24) is 14.5 Å². The normalized spacial score (nSPS) is 20.2. The summed E-state index contributed by atoms with van der Waals surface area (Å²) in [7, 11) is 1.43. The minimum absolute atomic E-state index is 0.0153. The van der Waals surface area contributed by atoms with Crippen LogP contribution in [0.3, 0.4) is 0 Å². The number of amides is 1. The van der Waals surface area contributed by atoms with E-state index in [0.29, 0.717) is 25.3 Å². The van der Waals surface area contributed by atoms with E-state index in [0.717, 1.165) is 18.9 Å². The molecule has 2 aliphatic heterocycles.